The van der Waals surface area contributed by atoms with Gasteiger partial charge in [0.05, 0.1) is 6.61 Å². The molecule has 0 spiro atoms. The Morgan fingerprint density at radius 2 is 2.42 bits per heavy atom. The number of hydrogen-bond acceptors (Lipinski definition) is 2. The van der Waals surface area contributed by atoms with Crippen LogP contribution in [-0.4, -0.2) is 11.0 Å². The Balaban J connectivity index is 2.59. The molecule has 1 heterocycles. The lowest BCUT2D eigenvalue weighted by molar-refractivity contribution is 0.285. The van der Waals surface area contributed by atoms with Crippen molar-refractivity contribution < 1.29 is 5.11 Å². The molecule has 0 saturated heterocycles. The van der Waals surface area contributed by atoms with Gasteiger partial charge >= 0.3 is 0 Å². The van der Waals surface area contributed by atoms with Crippen LogP contribution in [0.5, 0.6) is 0 Å². The summed E-state index contributed by atoms with van der Waals surface area (Å²) in [7, 11) is 0. The van der Waals surface area contributed by atoms with Crippen molar-refractivity contribution in [3.63, 3.8) is 0 Å². The van der Waals surface area contributed by atoms with Crippen LogP contribution in [0.1, 0.15) is 16.9 Å². The van der Waals surface area contributed by atoms with Crippen LogP contribution in [0.25, 0.3) is 0 Å². The van der Waals surface area contributed by atoms with Gasteiger partial charge in [-0.1, -0.05) is 11.8 Å². The number of alkyl halides is 1. The van der Waals surface area contributed by atoms with Gasteiger partial charge in [0.2, 0.25) is 0 Å². The lowest BCUT2D eigenvalue weighted by atomic mass is 10.3. The van der Waals surface area contributed by atoms with Crippen molar-refractivity contribution in [3.8, 4) is 11.8 Å². The normalized spacial score (nSPS) is 9.17. The molecule has 0 bridgehead atoms. The van der Waals surface area contributed by atoms with Crippen LogP contribution in [-0.2, 0) is 6.61 Å². The lowest BCUT2D eigenvalue weighted by Crippen LogP contribution is -1.72. The van der Waals surface area contributed by atoms with Gasteiger partial charge in [0.1, 0.15) is 0 Å². The molecule has 0 amide bonds. The van der Waals surface area contributed by atoms with E-state index in [0.717, 1.165) is 10.4 Å². The van der Waals surface area contributed by atoms with E-state index < -0.39 is 0 Å². The second kappa shape index (κ2) is 5.21. The Bertz CT molecular complexity index is 295. The summed E-state index contributed by atoms with van der Waals surface area (Å²) < 4.78 is 0. The van der Waals surface area contributed by atoms with E-state index in [2.05, 4.69) is 11.8 Å². The minimum atomic E-state index is 0.0991. The first-order valence-electron chi connectivity index (χ1n) is 3.60. The summed E-state index contributed by atoms with van der Waals surface area (Å²) >= 11 is 6.98. The molecule has 0 radical (unpaired) electrons. The number of rotatable bonds is 2. The molecule has 0 saturated carbocycles. The molecular weight excluding hydrogens is 192 g/mol. The van der Waals surface area contributed by atoms with E-state index in [1.165, 1.54) is 11.3 Å². The van der Waals surface area contributed by atoms with E-state index in [9.17, 15) is 0 Å². The molecule has 0 aromatic carbocycles. The van der Waals surface area contributed by atoms with Gasteiger partial charge in [0, 0.05) is 28.1 Å². The Hall–Kier alpha value is -0.490. The summed E-state index contributed by atoms with van der Waals surface area (Å²) in [6.07, 6.45) is 0.714. The molecule has 0 aliphatic rings. The van der Waals surface area contributed by atoms with Gasteiger partial charge in [-0.2, -0.15) is 0 Å². The topological polar surface area (TPSA) is 20.2 Å². The zero-order valence-corrected chi connectivity index (χ0v) is 8.08. The molecule has 0 aliphatic carbocycles. The first-order chi connectivity index (χ1) is 5.86. The fraction of sp³-hybridized carbons (Fsp3) is 0.333. The maximum Gasteiger partial charge on any atom is 0.0774 e. The van der Waals surface area contributed by atoms with Gasteiger partial charge in [-0.15, -0.1) is 22.9 Å². The van der Waals surface area contributed by atoms with E-state index in [0.29, 0.717) is 12.3 Å². The largest absolute Gasteiger partial charge is 0.391 e. The summed E-state index contributed by atoms with van der Waals surface area (Å²) in [5.41, 5.74) is 0.967. The molecular formula is C9H9ClOS. The summed E-state index contributed by atoms with van der Waals surface area (Å²) in [6.45, 7) is 0.0991. The summed E-state index contributed by atoms with van der Waals surface area (Å²) in [5.74, 6) is 6.47. The van der Waals surface area contributed by atoms with Crippen molar-refractivity contribution in [2.75, 3.05) is 5.88 Å². The van der Waals surface area contributed by atoms with Crippen molar-refractivity contribution in [2.24, 2.45) is 0 Å². The van der Waals surface area contributed by atoms with Crippen LogP contribution in [0.4, 0.5) is 0 Å². The van der Waals surface area contributed by atoms with Crippen LogP contribution in [0.3, 0.4) is 0 Å². The van der Waals surface area contributed by atoms with Gasteiger partial charge in [0.15, 0.2) is 0 Å². The van der Waals surface area contributed by atoms with Gasteiger partial charge in [-0.25, -0.2) is 0 Å². The van der Waals surface area contributed by atoms with E-state index in [4.69, 9.17) is 16.7 Å². The fourth-order valence-electron chi connectivity index (χ4n) is 0.741. The van der Waals surface area contributed by atoms with Crippen molar-refractivity contribution in [2.45, 2.75) is 13.0 Å². The summed E-state index contributed by atoms with van der Waals surface area (Å²) in [6, 6.07) is 1.89. The van der Waals surface area contributed by atoms with Crippen molar-refractivity contribution in [1.82, 2.24) is 0 Å². The predicted octanol–water partition coefficient (Wildman–Crippen LogP) is 2.22. The molecule has 12 heavy (non-hydrogen) atoms. The molecule has 0 fully saturated rings. The van der Waals surface area contributed by atoms with Crippen LogP contribution < -0.4 is 0 Å². The Morgan fingerprint density at radius 1 is 1.58 bits per heavy atom. The number of aliphatic hydroxyl groups excluding tert-OH is 1. The first kappa shape index (κ1) is 9.60. The van der Waals surface area contributed by atoms with Gasteiger partial charge < -0.3 is 5.11 Å². The quantitative estimate of drug-likeness (QED) is 0.574. The second-order valence-electron chi connectivity index (χ2n) is 2.20. The average molecular weight is 201 g/mol. The molecule has 0 aliphatic heterocycles. The highest BCUT2D eigenvalue weighted by molar-refractivity contribution is 7.10. The molecule has 1 aromatic rings. The monoisotopic (exact) mass is 200 g/mol. The zero-order valence-electron chi connectivity index (χ0n) is 6.51. The SMILES string of the molecule is OCc1cc(C#CCCCl)cs1. The van der Waals surface area contributed by atoms with Crippen LogP contribution >= 0.6 is 22.9 Å². The summed E-state index contributed by atoms with van der Waals surface area (Å²) in [4.78, 5) is 0.949. The number of halogens is 1. The minimum absolute atomic E-state index is 0.0991. The highest BCUT2D eigenvalue weighted by Crippen LogP contribution is 2.13. The molecule has 64 valence electrons. The highest BCUT2D eigenvalue weighted by atomic mass is 35.5. The molecule has 3 heteroatoms. The van der Waals surface area contributed by atoms with Gasteiger partial charge in [-0.05, 0) is 6.07 Å². The number of aliphatic hydroxyl groups is 1. The Kier molecular flexibility index (Phi) is 4.16. The lowest BCUT2D eigenvalue weighted by Gasteiger charge is -1.80. The number of hydrogen-bond donors (Lipinski definition) is 1. The maximum atomic E-state index is 8.76. The third kappa shape index (κ3) is 2.86. The molecule has 0 atom stereocenters. The second-order valence-corrected chi connectivity index (χ2v) is 3.57. The van der Waals surface area contributed by atoms with E-state index in [1.807, 2.05) is 11.4 Å². The smallest absolute Gasteiger partial charge is 0.0774 e. The maximum absolute atomic E-state index is 8.76. The molecule has 1 nitrogen and oxygen atoms in total. The minimum Gasteiger partial charge on any atom is -0.391 e. The van der Waals surface area contributed by atoms with Crippen molar-refractivity contribution >= 4 is 22.9 Å². The molecule has 1 rings (SSSR count). The summed E-state index contributed by atoms with van der Waals surface area (Å²) in [5, 5.41) is 10.7. The van der Waals surface area contributed by atoms with E-state index in [1.54, 1.807) is 0 Å². The highest BCUT2D eigenvalue weighted by Gasteiger charge is 1.93. The average Bonchev–Trinajstić information content (AvgIpc) is 2.53. The third-order valence-corrected chi connectivity index (χ3v) is 2.37. The van der Waals surface area contributed by atoms with E-state index >= 15 is 0 Å². The third-order valence-electron chi connectivity index (χ3n) is 1.26. The van der Waals surface area contributed by atoms with Gasteiger partial charge in [-0.3, -0.25) is 0 Å². The van der Waals surface area contributed by atoms with Crippen molar-refractivity contribution in [3.05, 3.63) is 21.9 Å². The molecule has 1 N–H and O–H groups in total. The van der Waals surface area contributed by atoms with Crippen LogP contribution in [0.2, 0.25) is 0 Å². The molecule has 0 unspecified atom stereocenters. The van der Waals surface area contributed by atoms with Gasteiger partial charge in [0.25, 0.3) is 0 Å². The predicted molar refractivity (Wildman–Crippen MR) is 52.5 cm³/mol. The first-order valence-corrected chi connectivity index (χ1v) is 5.01. The standard InChI is InChI=1S/C9H9ClOS/c10-4-2-1-3-8-5-9(6-11)12-7-8/h5,7,11H,2,4,6H2. The number of thiophene rings is 1. The van der Waals surface area contributed by atoms with Crippen molar-refractivity contribution in [1.29, 1.82) is 0 Å². The van der Waals surface area contributed by atoms with E-state index in [-0.39, 0.29) is 6.61 Å². The fourth-order valence-corrected chi connectivity index (χ4v) is 1.51. The Labute approximate surface area is 81.0 Å². The molecule has 1 aromatic heterocycles. The zero-order chi connectivity index (χ0) is 8.81. The van der Waals surface area contributed by atoms with Crippen LogP contribution in [0.15, 0.2) is 11.4 Å². The Morgan fingerprint density at radius 3 is 3.00 bits per heavy atom. The van der Waals surface area contributed by atoms with Crippen LogP contribution in [0, 0.1) is 11.8 Å².